The molecule has 1 fully saturated rings. The number of alkyl halides is 3. The minimum Gasteiger partial charge on any atom is -0.452 e. The van der Waals surface area contributed by atoms with Crippen molar-refractivity contribution in [1.29, 1.82) is 0 Å². The van der Waals surface area contributed by atoms with Gasteiger partial charge in [-0.05, 0) is 54.6 Å². The molecular weight excluding hydrogens is 523 g/mol. The number of rotatable bonds is 7. The Bertz CT molecular complexity index is 1400. The van der Waals surface area contributed by atoms with Crippen LogP contribution < -0.4 is 16.0 Å². The number of hydrogen-bond acceptors (Lipinski definition) is 7. The third-order valence-corrected chi connectivity index (χ3v) is 6.62. The fourth-order valence-electron chi connectivity index (χ4n) is 3.71. The Hall–Kier alpha value is -4.32. The van der Waals surface area contributed by atoms with Crippen LogP contribution in [0, 0.1) is 0 Å². The molecule has 3 N–H and O–H groups in total. The van der Waals surface area contributed by atoms with Gasteiger partial charge < -0.3 is 15.8 Å². The molecule has 3 aromatic rings. The summed E-state index contributed by atoms with van der Waals surface area (Å²) in [6.45, 7) is -0.821. The Balaban J connectivity index is 1.35. The van der Waals surface area contributed by atoms with Crippen molar-refractivity contribution in [2.24, 2.45) is 0 Å². The molecule has 1 unspecified atom stereocenters. The van der Waals surface area contributed by atoms with Crippen molar-refractivity contribution in [2.45, 2.75) is 22.7 Å². The maximum atomic E-state index is 13.1. The number of ether oxygens (including phenoxy) is 1. The van der Waals surface area contributed by atoms with Crippen LogP contribution in [0.15, 0.2) is 77.7 Å². The van der Waals surface area contributed by atoms with Gasteiger partial charge in [0, 0.05) is 17.0 Å². The highest BCUT2D eigenvalue weighted by Gasteiger charge is 2.40. The van der Waals surface area contributed by atoms with Crippen LogP contribution in [0.4, 0.5) is 30.2 Å². The number of para-hydroxylation sites is 1. The Labute approximate surface area is 218 Å². The van der Waals surface area contributed by atoms with E-state index in [0.717, 1.165) is 21.9 Å². The molecule has 1 atom stereocenters. The zero-order valence-electron chi connectivity index (χ0n) is 19.5. The van der Waals surface area contributed by atoms with Gasteiger partial charge in [-0.2, -0.15) is 13.2 Å². The second-order valence-electron chi connectivity index (χ2n) is 8.17. The van der Waals surface area contributed by atoms with E-state index in [-0.39, 0.29) is 17.7 Å². The van der Waals surface area contributed by atoms with Gasteiger partial charge in [-0.1, -0.05) is 18.2 Å². The molecular formula is C26H20F3N3O5S. The summed E-state index contributed by atoms with van der Waals surface area (Å²) in [4.78, 5) is 51.6. The Morgan fingerprint density at radius 2 is 1.74 bits per heavy atom. The molecule has 0 saturated carbocycles. The lowest BCUT2D eigenvalue weighted by atomic mass is 10.1. The first kappa shape index (κ1) is 26.7. The van der Waals surface area contributed by atoms with Crippen LogP contribution in [-0.4, -0.2) is 35.5 Å². The second-order valence-corrected chi connectivity index (χ2v) is 9.44. The van der Waals surface area contributed by atoms with Crippen LogP contribution in [0.25, 0.3) is 0 Å². The number of anilines is 3. The Morgan fingerprint density at radius 3 is 2.42 bits per heavy atom. The predicted molar refractivity (Wildman–Crippen MR) is 134 cm³/mol. The summed E-state index contributed by atoms with van der Waals surface area (Å²) >= 11 is 1.23. The number of amides is 3. The number of nitrogens with two attached hydrogens (primary N) is 1. The van der Waals surface area contributed by atoms with E-state index in [9.17, 15) is 32.3 Å². The number of imide groups is 1. The summed E-state index contributed by atoms with van der Waals surface area (Å²) in [6, 6.07) is 16.8. The number of esters is 1. The van der Waals surface area contributed by atoms with E-state index >= 15 is 0 Å². The maximum absolute atomic E-state index is 13.1. The molecule has 4 rings (SSSR count). The largest absolute Gasteiger partial charge is 0.452 e. The summed E-state index contributed by atoms with van der Waals surface area (Å²) in [7, 11) is 0. The number of carbonyl (C=O) groups excluding carboxylic acids is 4. The maximum Gasteiger partial charge on any atom is 0.418 e. The van der Waals surface area contributed by atoms with Gasteiger partial charge in [0.15, 0.2) is 6.61 Å². The topological polar surface area (TPSA) is 119 Å². The molecule has 1 saturated heterocycles. The van der Waals surface area contributed by atoms with Crippen LogP contribution in [-0.2, 0) is 25.3 Å². The third-order valence-electron chi connectivity index (χ3n) is 5.44. The molecule has 0 spiro atoms. The number of nitrogens with one attached hydrogen (secondary N) is 1. The van der Waals surface area contributed by atoms with Crippen molar-refractivity contribution < 1.29 is 37.1 Å². The van der Waals surface area contributed by atoms with Crippen molar-refractivity contribution in [1.82, 2.24) is 0 Å². The van der Waals surface area contributed by atoms with Gasteiger partial charge in [0.2, 0.25) is 11.8 Å². The number of benzene rings is 3. The number of nitrogens with zero attached hydrogens (tertiary/aromatic N) is 1. The van der Waals surface area contributed by atoms with E-state index in [1.54, 1.807) is 24.3 Å². The van der Waals surface area contributed by atoms with Crippen molar-refractivity contribution >= 4 is 52.5 Å². The summed E-state index contributed by atoms with van der Waals surface area (Å²) in [5, 5.41) is 1.45. The number of hydrogen-bond donors (Lipinski definition) is 2. The van der Waals surface area contributed by atoms with E-state index in [2.05, 4.69) is 5.32 Å². The first-order valence-electron chi connectivity index (χ1n) is 11.1. The average Bonchev–Trinajstić information content (AvgIpc) is 3.14. The highest BCUT2D eigenvalue weighted by Crippen LogP contribution is 2.35. The summed E-state index contributed by atoms with van der Waals surface area (Å²) < 4.78 is 44.1. The van der Waals surface area contributed by atoms with Crippen molar-refractivity contribution in [3.63, 3.8) is 0 Å². The predicted octanol–water partition coefficient (Wildman–Crippen LogP) is 4.51. The molecule has 8 nitrogen and oxygen atoms in total. The molecule has 1 aliphatic rings. The van der Waals surface area contributed by atoms with Gasteiger partial charge in [0.25, 0.3) is 5.91 Å². The normalized spacial score (nSPS) is 15.4. The molecule has 3 amide bonds. The van der Waals surface area contributed by atoms with E-state index in [1.807, 2.05) is 0 Å². The molecule has 12 heteroatoms. The highest BCUT2D eigenvalue weighted by atomic mass is 32.2. The summed E-state index contributed by atoms with van der Waals surface area (Å²) in [5.41, 5.74) is 5.09. The van der Waals surface area contributed by atoms with Gasteiger partial charge >= 0.3 is 12.1 Å². The van der Waals surface area contributed by atoms with Crippen LogP contribution in [0.3, 0.4) is 0 Å². The van der Waals surface area contributed by atoms with Crippen LogP contribution in [0.1, 0.15) is 22.3 Å². The molecule has 1 aliphatic heterocycles. The summed E-state index contributed by atoms with van der Waals surface area (Å²) in [5.74, 6) is -2.68. The number of nitrogen functional groups attached to an aromatic ring is 1. The Morgan fingerprint density at radius 1 is 1.03 bits per heavy atom. The third kappa shape index (κ3) is 6.14. The lowest BCUT2D eigenvalue weighted by molar-refractivity contribution is -0.137. The zero-order valence-corrected chi connectivity index (χ0v) is 20.3. The molecule has 38 heavy (non-hydrogen) atoms. The van der Waals surface area contributed by atoms with Gasteiger partial charge in [-0.3, -0.25) is 14.4 Å². The standard InChI is InChI=1S/C26H20F3N3O5S/c27-26(28,29)19-6-1-2-7-20(19)31-22(33)14-37-25(36)15-8-10-17(11-9-15)32-23(34)13-21(24(32)35)38-18-5-3-4-16(30)12-18/h1-12,21H,13-14,30H2,(H,31,33). The fraction of sp³-hybridized carbons (Fsp3) is 0.154. The van der Waals surface area contributed by atoms with Gasteiger partial charge in [-0.25, -0.2) is 9.69 Å². The Kier molecular flexibility index (Phi) is 7.72. The van der Waals surface area contributed by atoms with Crippen molar-refractivity contribution in [3.05, 3.63) is 83.9 Å². The number of thioether (sulfide) groups is 1. The van der Waals surface area contributed by atoms with Gasteiger partial charge in [0.05, 0.1) is 27.8 Å². The smallest absolute Gasteiger partial charge is 0.418 e. The van der Waals surface area contributed by atoms with Gasteiger partial charge in [0.1, 0.15) is 0 Å². The minimum atomic E-state index is -4.67. The fourth-order valence-corrected chi connectivity index (χ4v) is 4.83. The quantitative estimate of drug-likeness (QED) is 0.256. The zero-order chi connectivity index (χ0) is 27.4. The lowest BCUT2D eigenvalue weighted by Gasteiger charge is -2.15. The van der Waals surface area contributed by atoms with Gasteiger partial charge in [-0.15, -0.1) is 11.8 Å². The first-order chi connectivity index (χ1) is 18.0. The molecule has 0 bridgehead atoms. The van der Waals surface area contributed by atoms with E-state index in [4.69, 9.17) is 10.5 Å². The monoisotopic (exact) mass is 543 g/mol. The second kappa shape index (κ2) is 11.0. The molecule has 1 heterocycles. The first-order valence-corrected chi connectivity index (χ1v) is 12.0. The summed E-state index contributed by atoms with van der Waals surface area (Å²) in [6.07, 6.45) is -4.68. The minimum absolute atomic E-state index is 0.00529. The van der Waals surface area contributed by atoms with Crippen LogP contribution >= 0.6 is 11.8 Å². The number of halogens is 3. The van der Waals surface area contributed by atoms with Crippen LogP contribution in [0.2, 0.25) is 0 Å². The lowest BCUT2D eigenvalue weighted by Crippen LogP contribution is -2.31. The molecule has 0 radical (unpaired) electrons. The van der Waals surface area contributed by atoms with E-state index in [0.29, 0.717) is 5.69 Å². The molecule has 0 aliphatic carbocycles. The molecule has 196 valence electrons. The van der Waals surface area contributed by atoms with E-state index in [1.165, 1.54) is 48.2 Å². The average molecular weight is 544 g/mol. The highest BCUT2D eigenvalue weighted by molar-refractivity contribution is 8.00. The molecule has 3 aromatic carbocycles. The van der Waals surface area contributed by atoms with Crippen molar-refractivity contribution in [2.75, 3.05) is 22.6 Å². The van der Waals surface area contributed by atoms with Crippen LogP contribution in [0.5, 0.6) is 0 Å². The number of carbonyl (C=O) groups is 4. The molecule has 0 aromatic heterocycles. The SMILES string of the molecule is Nc1cccc(SC2CC(=O)N(c3ccc(C(=O)OCC(=O)Nc4ccccc4C(F)(F)F)cc3)C2=O)c1. The van der Waals surface area contributed by atoms with E-state index < -0.39 is 53.0 Å². The van der Waals surface area contributed by atoms with Crippen molar-refractivity contribution in [3.8, 4) is 0 Å².